The Hall–Kier alpha value is -0.700. The van der Waals surface area contributed by atoms with E-state index in [2.05, 4.69) is 55.4 Å². The molecule has 144 valence electrons. The van der Waals surface area contributed by atoms with Crippen LogP contribution in [0.1, 0.15) is 68.2 Å². The number of ether oxygens (including phenoxy) is 1. The number of carbonyl (C=O) groups is 2. The lowest BCUT2D eigenvalue weighted by molar-refractivity contribution is -0.181. The van der Waals surface area contributed by atoms with Gasteiger partial charge < -0.3 is 4.74 Å². The maximum absolute atomic E-state index is 14.0. The van der Waals surface area contributed by atoms with Gasteiger partial charge >= 0.3 is 0 Å². The largest absolute Gasteiger partial charge is 0.379 e. The standard InChI is InChI=1S/C22H38O3/c1-13(2)17-9-21(15(5)6)11-25-12-22(16(7)8,20(21)24)10-18(14(3)4)19(17)23/h13-18H,9-12H2,1-8H3. The smallest absolute Gasteiger partial charge is 0.150 e. The van der Waals surface area contributed by atoms with E-state index >= 15 is 0 Å². The molecule has 4 atom stereocenters. The Morgan fingerprint density at radius 3 is 1.40 bits per heavy atom. The van der Waals surface area contributed by atoms with Crippen LogP contribution in [0.15, 0.2) is 0 Å². The Balaban J connectivity index is 2.64. The van der Waals surface area contributed by atoms with Gasteiger partial charge in [-0.15, -0.1) is 0 Å². The van der Waals surface area contributed by atoms with Crippen LogP contribution in [0, 0.1) is 46.3 Å². The van der Waals surface area contributed by atoms with Crippen LogP contribution in [0.25, 0.3) is 0 Å². The van der Waals surface area contributed by atoms with Crippen molar-refractivity contribution in [3.05, 3.63) is 0 Å². The molecule has 0 aromatic heterocycles. The van der Waals surface area contributed by atoms with Crippen molar-refractivity contribution in [3.63, 3.8) is 0 Å². The summed E-state index contributed by atoms with van der Waals surface area (Å²) in [4.78, 5) is 27.5. The first-order chi connectivity index (χ1) is 11.5. The van der Waals surface area contributed by atoms with Crippen molar-refractivity contribution in [2.75, 3.05) is 13.2 Å². The molecule has 0 amide bonds. The third-order valence-electron chi connectivity index (χ3n) is 7.34. The van der Waals surface area contributed by atoms with Crippen LogP contribution in [-0.2, 0) is 14.3 Å². The fourth-order valence-corrected chi connectivity index (χ4v) is 5.06. The van der Waals surface area contributed by atoms with Gasteiger partial charge in [-0.05, 0) is 36.5 Å². The zero-order valence-corrected chi connectivity index (χ0v) is 17.5. The van der Waals surface area contributed by atoms with Crippen molar-refractivity contribution in [2.24, 2.45) is 46.3 Å². The molecule has 2 bridgehead atoms. The van der Waals surface area contributed by atoms with Crippen LogP contribution in [0.5, 0.6) is 0 Å². The number of rotatable bonds is 4. The van der Waals surface area contributed by atoms with Crippen LogP contribution in [0.3, 0.4) is 0 Å². The summed E-state index contributed by atoms with van der Waals surface area (Å²) in [5.41, 5.74) is -1.04. The maximum Gasteiger partial charge on any atom is 0.150 e. The quantitative estimate of drug-likeness (QED) is 0.733. The molecule has 2 fully saturated rings. The summed E-state index contributed by atoms with van der Waals surface area (Å²) in [7, 11) is 0. The monoisotopic (exact) mass is 350 g/mol. The van der Waals surface area contributed by atoms with E-state index in [0.29, 0.717) is 37.6 Å². The van der Waals surface area contributed by atoms with Crippen molar-refractivity contribution < 1.29 is 14.3 Å². The maximum atomic E-state index is 14.0. The molecule has 4 unspecified atom stereocenters. The zero-order valence-electron chi connectivity index (χ0n) is 17.5. The van der Waals surface area contributed by atoms with E-state index in [1.165, 1.54) is 0 Å². The summed E-state index contributed by atoms with van der Waals surface area (Å²) >= 11 is 0. The minimum atomic E-state index is -0.519. The van der Waals surface area contributed by atoms with Gasteiger partial charge in [-0.3, -0.25) is 9.59 Å². The average molecular weight is 351 g/mol. The van der Waals surface area contributed by atoms with Crippen LogP contribution >= 0.6 is 0 Å². The minimum absolute atomic E-state index is 0.0504. The topological polar surface area (TPSA) is 43.4 Å². The van der Waals surface area contributed by atoms with Crippen LogP contribution < -0.4 is 0 Å². The molecule has 25 heavy (non-hydrogen) atoms. The van der Waals surface area contributed by atoms with E-state index in [1.54, 1.807) is 0 Å². The van der Waals surface area contributed by atoms with E-state index in [9.17, 15) is 9.59 Å². The van der Waals surface area contributed by atoms with Crippen molar-refractivity contribution in [1.29, 1.82) is 0 Å². The van der Waals surface area contributed by atoms with Gasteiger partial charge in [-0.25, -0.2) is 0 Å². The van der Waals surface area contributed by atoms with Crippen LogP contribution in [-0.4, -0.2) is 24.8 Å². The first-order valence-corrected chi connectivity index (χ1v) is 10.2. The van der Waals surface area contributed by atoms with Gasteiger partial charge in [0.2, 0.25) is 0 Å². The third kappa shape index (κ3) is 3.22. The van der Waals surface area contributed by atoms with Crippen molar-refractivity contribution >= 4 is 11.6 Å². The second kappa shape index (κ2) is 7.13. The predicted octanol–water partition coefficient (Wildman–Crippen LogP) is 4.78. The molecule has 1 saturated carbocycles. The van der Waals surface area contributed by atoms with Crippen molar-refractivity contribution in [1.82, 2.24) is 0 Å². The summed E-state index contributed by atoms with van der Waals surface area (Å²) < 4.78 is 6.13. The predicted molar refractivity (Wildman–Crippen MR) is 101 cm³/mol. The number of carbonyl (C=O) groups excluding carboxylic acids is 2. The number of hydrogen-bond acceptors (Lipinski definition) is 3. The SMILES string of the molecule is CC(C)C1CC2(C(C)C)COCC(C(C)C)(CC(C(C)C)C1=O)C2=O. The van der Waals surface area contributed by atoms with Crippen molar-refractivity contribution in [3.8, 4) is 0 Å². The zero-order chi connectivity index (χ0) is 19.2. The van der Waals surface area contributed by atoms with E-state index < -0.39 is 10.8 Å². The molecule has 3 nitrogen and oxygen atoms in total. The van der Waals surface area contributed by atoms with Gasteiger partial charge in [-0.2, -0.15) is 0 Å². The molecule has 0 N–H and O–H groups in total. The van der Waals surface area contributed by atoms with Crippen LogP contribution in [0.4, 0.5) is 0 Å². The van der Waals surface area contributed by atoms with E-state index in [4.69, 9.17) is 4.74 Å². The molecule has 3 heteroatoms. The second-order valence-electron chi connectivity index (χ2n) is 9.96. The Kier molecular flexibility index (Phi) is 5.88. The van der Waals surface area contributed by atoms with Crippen molar-refractivity contribution in [2.45, 2.75) is 68.2 Å². The van der Waals surface area contributed by atoms with Gasteiger partial charge in [-0.1, -0.05) is 55.4 Å². The fraction of sp³-hybridized carbons (Fsp3) is 0.909. The molecule has 0 radical (unpaired) electrons. The Morgan fingerprint density at radius 2 is 1.12 bits per heavy atom. The lowest BCUT2D eigenvalue weighted by Gasteiger charge is -2.54. The highest BCUT2D eigenvalue weighted by Crippen LogP contribution is 2.54. The molecular formula is C22H38O3. The highest BCUT2D eigenvalue weighted by Gasteiger charge is 2.60. The second-order valence-corrected chi connectivity index (χ2v) is 9.96. The van der Waals surface area contributed by atoms with E-state index in [1.807, 2.05) is 0 Å². The molecule has 0 aromatic rings. The molecule has 1 saturated heterocycles. The lowest BCUT2D eigenvalue weighted by atomic mass is 9.51. The molecule has 2 rings (SSSR count). The highest BCUT2D eigenvalue weighted by molar-refractivity contribution is 5.95. The normalized spacial score (nSPS) is 37.1. The average Bonchev–Trinajstić information content (AvgIpc) is 2.50. The first-order valence-electron chi connectivity index (χ1n) is 10.2. The molecule has 0 spiro atoms. The molecule has 1 aliphatic heterocycles. The van der Waals surface area contributed by atoms with Crippen LogP contribution in [0.2, 0.25) is 0 Å². The van der Waals surface area contributed by atoms with Gasteiger partial charge in [0.05, 0.1) is 24.0 Å². The van der Waals surface area contributed by atoms with E-state index in [0.717, 1.165) is 0 Å². The molecule has 2 aliphatic rings. The summed E-state index contributed by atoms with van der Waals surface area (Å²) in [6.45, 7) is 17.9. The summed E-state index contributed by atoms with van der Waals surface area (Å²) in [5, 5.41) is 0. The number of hydrogen-bond donors (Lipinski definition) is 0. The van der Waals surface area contributed by atoms with Gasteiger partial charge in [0.25, 0.3) is 0 Å². The Morgan fingerprint density at radius 1 is 0.760 bits per heavy atom. The number of Topliss-reactive ketones (excluding diaryl/α,β-unsaturated/α-hetero) is 2. The van der Waals surface area contributed by atoms with Gasteiger partial charge in [0.15, 0.2) is 0 Å². The molecule has 1 aliphatic carbocycles. The number of fused-ring (bicyclic) bond motifs is 2. The molecular weight excluding hydrogens is 312 g/mol. The summed E-state index contributed by atoms with van der Waals surface area (Å²) in [6, 6.07) is 0. The Bertz CT molecular complexity index is 477. The van der Waals surface area contributed by atoms with E-state index in [-0.39, 0.29) is 35.5 Å². The van der Waals surface area contributed by atoms with Gasteiger partial charge in [0, 0.05) is 11.8 Å². The van der Waals surface area contributed by atoms with Gasteiger partial charge in [0.1, 0.15) is 11.6 Å². The molecule has 0 aromatic carbocycles. The molecule has 1 heterocycles. The number of ketones is 2. The first kappa shape index (κ1) is 20.6. The Labute approximate surface area is 154 Å². The minimum Gasteiger partial charge on any atom is -0.379 e. The third-order valence-corrected chi connectivity index (χ3v) is 7.34. The summed E-state index contributed by atoms with van der Waals surface area (Å²) in [5.74, 6) is 1.54. The summed E-state index contributed by atoms with van der Waals surface area (Å²) in [6.07, 6.45) is 1.30. The highest BCUT2D eigenvalue weighted by atomic mass is 16.5. The lowest BCUT2D eigenvalue weighted by Crippen LogP contribution is -2.61. The fourth-order valence-electron chi connectivity index (χ4n) is 5.06.